The summed E-state index contributed by atoms with van der Waals surface area (Å²) in [6.45, 7) is 3.80. The van der Waals surface area contributed by atoms with Gasteiger partial charge < -0.3 is 20.7 Å². The van der Waals surface area contributed by atoms with E-state index in [1.54, 1.807) is 12.3 Å². The molecule has 3 heterocycles. The lowest BCUT2D eigenvalue weighted by atomic mass is 10.1. The lowest BCUT2D eigenvalue weighted by Gasteiger charge is -2.14. The topological polar surface area (TPSA) is 85.9 Å². The Morgan fingerprint density at radius 2 is 2.28 bits per heavy atom. The maximum atomic E-state index is 10.3. The smallest absolute Gasteiger partial charge is 0.178 e. The van der Waals surface area contributed by atoms with E-state index in [1.807, 2.05) is 19.1 Å². The van der Waals surface area contributed by atoms with Gasteiger partial charge in [-0.15, -0.1) is 0 Å². The predicted molar refractivity (Wildman–Crippen MR) is 100 cm³/mol. The van der Waals surface area contributed by atoms with Crippen LogP contribution in [0.2, 0.25) is 5.02 Å². The highest BCUT2D eigenvalue weighted by Crippen LogP contribution is 2.31. The van der Waals surface area contributed by atoms with Crippen molar-refractivity contribution in [1.82, 2.24) is 20.3 Å². The first-order chi connectivity index (χ1) is 12.1. The van der Waals surface area contributed by atoms with E-state index in [2.05, 4.69) is 25.6 Å². The Hall–Kier alpha value is -2.31. The maximum absolute atomic E-state index is 10.3. The first-order valence-corrected chi connectivity index (χ1v) is 8.81. The number of pyridine rings is 1. The van der Waals surface area contributed by atoms with Gasteiger partial charge in [0.1, 0.15) is 11.6 Å². The molecule has 130 valence electrons. The summed E-state index contributed by atoms with van der Waals surface area (Å²) < 4.78 is 0. The number of phenolic OH excluding ortho intramolecular Hbond substituents is 1. The summed E-state index contributed by atoms with van der Waals surface area (Å²) in [5.74, 6) is 0.867. The normalized spacial score (nSPS) is 17.3. The highest BCUT2D eigenvalue weighted by molar-refractivity contribution is 6.31. The molecular formula is C18H20ClN5O. The number of benzene rings is 1. The summed E-state index contributed by atoms with van der Waals surface area (Å²) in [5, 5.41) is 17.7. The van der Waals surface area contributed by atoms with Crippen molar-refractivity contribution in [1.29, 1.82) is 0 Å². The summed E-state index contributed by atoms with van der Waals surface area (Å²) >= 11 is 6.11. The van der Waals surface area contributed by atoms with Crippen molar-refractivity contribution in [3.8, 4) is 17.1 Å². The molecule has 4 rings (SSSR count). The van der Waals surface area contributed by atoms with E-state index in [0.717, 1.165) is 35.4 Å². The van der Waals surface area contributed by atoms with Crippen LogP contribution in [0.3, 0.4) is 0 Å². The number of fused-ring (bicyclic) bond motifs is 1. The van der Waals surface area contributed by atoms with Gasteiger partial charge in [0, 0.05) is 24.3 Å². The molecule has 0 bridgehead atoms. The molecule has 0 aliphatic carbocycles. The second-order valence-corrected chi connectivity index (χ2v) is 6.83. The van der Waals surface area contributed by atoms with Crippen molar-refractivity contribution in [2.75, 3.05) is 18.4 Å². The minimum absolute atomic E-state index is 0.207. The van der Waals surface area contributed by atoms with Crippen LogP contribution in [0.5, 0.6) is 5.75 Å². The van der Waals surface area contributed by atoms with Crippen molar-refractivity contribution in [2.45, 2.75) is 25.8 Å². The number of phenols is 1. The van der Waals surface area contributed by atoms with E-state index >= 15 is 0 Å². The number of halogens is 1. The van der Waals surface area contributed by atoms with Crippen LogP contribution in [0.15, 0.2) is 24.4 Å². The Labute approximate surface area is 150 Å². The van der Waals surface area contributed by atoms with E-state index in [0.29, 0.717) is 22.5 Å². The number of imidazole rings is 1. The quantitative estimate of drug-likeness (QED) is 0.537. The molecule has 4 N–H and O–H groups in total. The van der Waals surface area contributed by atoms with Crippen LogP contribution in [-0.4, -0.2) is 39.2 Å². The van der Waals surface area contributed by atoms with Crippen LogP contribution < -0.4 is 10.6 Å². The van der Waals surface area contributed by atoms with Crippen molar-refractivity contribution in [3.05, 3.63) is 35.0 Å². The number of nitrogens with zero attached hydrogens (tertiary/aromatic N) is 2. The van der Waals surface area contributed by atoms with E-state index in [9.17, 15) is 5.11 Å². The van der Waals surface area contributed by atoms with Gasteiger partial charge in [-0.05, 0) is 50.1 Å². The number of aromatic nitrogens is 3. The first-order valence-electron chi connectivity index (χ1n) is 8.43. The summed E-state index contributed by atoms with van der Waals surface area (Å²) in [7, 11) is 0. The fourth-order valence-corrected chi connectivity index (χ4v) is 3.33. The van der Waals surface area contributed by atoms with E-state index in [1.165, 1.54) is 12.8 Å². The Morgan fingerprint density at radius 1 is 1.40 bits per heavy atom. The van der Waals surface area contributed by atoms with Gasteiger partial charge in [-0.25, -0.2) is 9.97 Å². The lowest BCUT2D eigenvalue weighted by molar-refractivity contribution is 0.477. The first kappa shape index (κ1) is 16.2. The van der Waals surface area contributed by atoms with Crippen molar-refractivity contribution < 1.29 is 5.11 Å². The molecule has 1 aliphatic rings. The van der Waals surface area contributed by atoms with Crippen LogP contribution in [0.1, 0.15) is 18.4 Å². The SMILES string of the molecule is Cc1c(Cl)cnc2nc(-c3ccc(NC[C@H]4CCCN4)c(O)c3)[nH]c12. The van der Waals surface area contributed by atoms with Crippen LogP contribution in [0, 0.1) is 6.92 Å². The number of rotatable bonds is 4. The molecule has 1 atom stereocenters. The number of H-pyrrole nitrogens is 1. The van der Waals surface area contributed by atoms with Gasteiger partial charge in [0.05, 0.1) is 16.2 Å². The number of aromatic hydroxyl groups is 1. The Morgan fingerprint density at radius 3 is 3.04 bits per heavy atom. The van der Waals surface area contributed by atoms with Gasteiger partial charge in [-0.2, -0.15) is 0 Å². The molecule has 1 fully saturated rings. The van der Waals surface area contributed by atoms with Crippen molar-refractivity contribution in [3.63, 3.8) is 0 Å². The van der Waals surface area contributed by atoms with E-state index < -0.39 is 0 Å². The second-order valence-electron chi connectivity index (χ2n) is 6.42. The zero-order valence-electron chi connectivity index (χ0n) is 13.9. The highest BCUT2D eigenvalue weighted by atomic mass is 35.5. The third kappa shape index (κ3) is 3.15. The van der Waals surface area contributed by atoms with Crippen LogP contribution >= 0.6 is 11.6 Å². The second kappa shape index (κ2) is 6.54. The zero-order chi connectivity index (χ0) is 17.4. The Kier molecular flexibility index (Phi) is 4.23. The largest absolute Gasteiger partial charge is 0.506 e. The Balaban J connectivity index is 1.58. The van der Waals surface area contributed by atoms with Crippen molar-refractivity contribution >= 4 is 28.5 Å². The molecule has 0 spiro atoms. The number of hydrogen-bond acceptors (Lipinski definition) is 5. The van der Waals surface area contributed by atoms with Crippen LogP contribution in [0.4, 0.5) is 5.69 Å². The molecule has 1 aliphatic heterocycles. The Bertz CT molecular complexity index is 917. The molecule has 7 heteroatoms. The number of hydrogen-bond donors (Lipinski definition) is 4. The van der Waals surface area contributed by atoms with Crippen molar-refractivity contribution in [2.24, 2.45) is 0 Å². The molecule has 25 heavy (non-hydrogen) atoms. The van der Waals surface area contributed by atoms with Gasteiger partial charge in [0.2, 0.25) is 0 Å². The molecular weight excluding hydrogens is 338 g/mol. The molecule has 3 aromatic rings. The van der Waals surface area contributed by atoms with E-state index in [-0.39, 0.29) is 5.75 Å². The van der Waals surface area contributed by atoms with Gasteiger partial charge in [0.15, 0.2) is 5.65 Å². The number of aromatic amines is 1. The maximum Gasteiger partial charge on any atom is 0.178 e. The molecule has 0 saturated carbocycles. The summed E-state index contributed by atoms with van der Waals surface area (Å²) in [5.41, 5.74) is 3.88. The third-order valence-electron chi connectivity index (χ3n) is 4.69. The average molecular weight is 358 g/mol. The minimum atomic E-state index is 0.207. The minimum Gasteiger partial charge on any atom is -0.506 e. The fourth-order valence-electron chi connectivity index (χ4n) is 3.18. The summed E-state index contributed by atoms with van der Waals surface area (Å²) in [4.78, 5) is 12.0. The number of anilines is 1. The van der Waals surface area contributed by atoms with Crippen LogP contribution in [0.25, 0.3) is 22.6 Å². The summed E-state index contributed by atoms with van der Waals surface area (Å²) in [6.07, 6.45) is 3.98. The molecule has 0 amide bonds. The third-order valence-corrected chi connectivity index (χ3v) is 5.07. The number of aryl methyl sites for hydroxylation is 1. The van der Waals surface area contributed by atoms with Crippen LogP contribution in [-0.2, 0) is 0 Å². The predicted octanol–water partition coefficient (Wildman–Crippen LogP) is 3.46. The monoisotopic (exact) mass is 357 g/mol. The molecule has 6 nitrogen and oxygen atoms in total. The summed E-state index contributed by atoms with van der Waals surface area (Å²) in [6, 6.07) is 5.98. The molecule has 0 unspecified atom stereocenters. The standard InChI is InChI=1S/C18H20ClN5O/c1-10-13(19)9-22-18-16(10)23-17(24-18)11-4-5-14(15(25)7-11)21-8-12-3-2-6-20-12/h4-5,7,9,12,20-21,25H,2-3,6,8H2,1H3,(H,22,23,24)/t12-/m1/s1. The van der Waals surface area contributed by atoms with E-state index in [4.69, 9.17) is 11.6 Å². The van der Waals surface area contributed by atoms with Gasteiger partial charge in [-0.3, -0.25) is 0 Å². The van der Waals surface area contributed by atoms with Gasteiger partial charge in [-0.1, -0.05) is 11.6 Å². The van der Waals surface area contributed by atoms with Gasteiger partial charge in [0.25, 0.3) is 0 Å². The highest BCUT2D eigenvalue weighted by Gasteiger charge is 2.15. The lowest BCUT2D eigenvalue weighted by Crippen LogP contribution is -2.29. The fraction of sp³-hybridized carbons (Fsp3) is 0.333. The molecule has 1 saturated heterocycles. The molecule has 2 aromatic heterocycles. The molecule has 1 aromatic carbocycles. The van der Waals surface area contributed by atoms with Gasteiger partial charge >= 0.3 is 0 Å². The zero-order valence-corrected chi connectivity index (χ0v) is 14.7. The number of nitrogens with one attached hydrogen (secondary N) is 3. The average Bonchev–Trinajstić information content (AvgIpc) is 3.27. The molecule has 0 radical (unpaired) electrons.